The highest BCUT2D eigenvalue weighted by molar-refractivity contribution is 5.93. The van der Waals surface area contributed by atoms with Gasteiger partial charge in [0.05, 0.1) is 40.8 Å². The van der Waals surface area contributed by atoms with Crippen LogP contribution in [0, 0.1) is 0 Å². The van der Waals surface area contributed by atoms with Crippen molar-refractivity contribution in [1.82, 2.24) is 39.7 Å². The molecular weight excluding hydrogens is 523 g/mol. The predicted octanol–water partition coefficient (Wildman–Crippen LogP) is 4.43. The highest BCUT2D eigenvalue weighted by Gasteiger charge is 2.34. The van der Waals surface area contributed by atoms with Crippen molar-refractivity contribution in [3.05, 3.63) is 71.4 Å². The highest BCUT2D eigenvalue weighted by atomic mass is 19.4. The number of carbonyl (C=O) groups excluding carboxylic acids is 1. The van der Waals surface area contributed by atoms with Crippen molar-refractivity contribution in [3.63, 3.8) is 0 Å². The molecule has 0 radical (unpaired) electrons. The van der Waals surface area contributed by atoms with Gasteiger partial charge in [0.25, 0.3) is 5.91 Å². The molecule has 0 saturated carbocycles. The van der Waals surface area contributed by atoms with Gasteiger partial charge in [0.1, 0.15) is 12.1 Å². The van der Waals surface area contributed by atoms with Gasteiger partial charge >= 0.3 is 6.18 Å². The molecule has 1 aliphatic rings. The summed E-state index contributed by atoms with van der Waals surface area (Å²) in [7, 11) is 2.04. The van der Waals surface area contributed by atoms with E-state index < -0.39 is 17.6 Å². The average molecular weight is 554 g/mol. The summed E-state index contributed by atoms with van der Waals surface area (Å²) in [5.74, 6) is 0.506. The van der Waals surface area contributed by atoms with Crippen LogP contribution in [0.1, 0.15) is 48.0 Å². The number of carbonyl (C=O) groups is 1. The third kappa shape index (κ3) is 5.98. The molecule has 0 fully saturated rings. The van der Waals surface area contributed by atoms with Crippen molar-refractivity contribution in [2.45, 2.75) is 52.1 Å². The van der Waals surface area contributed by atoms with Crippen molar-refractivity contribution in [3.8, 4) is 11.3 Å². The van der Waals surface area contributed by atoms with Crippen LogP contribution >= 0.6 is 0 Å². The quantitative estimate of drug-likeness (QED) is 0.364. The van der Waals surface area contributed by atoms with Crippen molar-refractivity contribution in [2.24, 2.45) is 0 Å². The zero-order valence-electron chi connectivity index (χ0n) is 22.6. The summed E-state index contributed by atoms with van der Waals surface area (Å²) in [6.07, 6.45) is -0.377. The number of nitrogens with zero attached hydrogens (tertiary/aromatic N) is 7. The molecule has 3 aromatic heterocycles. The average Bonchev–Trinajstić information content (AvgIpc) is 3.54. The zero-order chi connectivity index (χ0) is 28.7. The fourth-order valence-corrected chi connectivity index (χ4v) is 4.41. The Morgan fingerprint density at radius 1 is 1.05 bits per heavy atom. The number of anilines is 2. The van der Waals surface area contributed by atoms with Crippen molar-refractivity contribution in [2.75, 3.05) is 18.9 Å². The van der Waals surface area contributed by atoms with E-state index in [1.54, 1.807) is 23.0 Å². The first-order valence-corrected chi connectivity index (χ1v) is 12.7. The fraction of sp³-hybridized carbons (Fsp3) is 0.370. The lowest BCUT2D eigenvalue weighted by molar-refractivity contribution is -0.138. The Morgan fingerprint density at radius 3 is 2.58 bits per heavy atom. The second-order valence-corrected chi connectivity index (χ2v) is 10.8. The summed E-state index contributed by atoms with van der Waals surface area (Å²) in [6.45, 7) is 7.93. The topological polar surface area (TPSA) is 106 Å². The molecule has 0 atom stereocenters. The van der Waals surface area contributed by atoms with Gasteiger partial charge in [-0.3, -0.25) is 19.1 Å². The standard InChI is InChI=1S/C27H30F3N9O/c1-26(2,3)39-14-19(13-34-39)25(40)31-12-18-6-5-17(9-21(18)27(28,29)30)22-11-23(33-16-32-22)35-24-10-20-15-37(4)7-8-38(20)36-24/h5-6,9-11,13-14,16H,7-8,12,15H2,1-4H3,(H,31,40)(H,32,33,35,36). The minimum atomic E-state index is -4.63. The maximum Gasteiger partial charge on any atom is 0.416 e. The Hall–Kier alpha value is -4.26. The molecule has 0 bridgehead atoms. The third-order valence-electron chi connectivity index (χ3n) is 6.59. The van der Waals surface area contributed by atoms with Crippen molar-refractivity contribution in [1.29, 1.82) is 0 Å². The number of hydrogen-bond donors (Lipinski definition) is 2. The fourth-order valence-electron chi connectivity index (χ4n) is 4.41. The van der Waals surface area contributed by atoms with E-state index in [2.05, 4.69) is 35.7 Å². The zero-order valence-corrected chi connectivity index (χ0v) is 22.6. The van der Waals surface area contributed by atoms with Gasteiger partial charge in [-0.05, 0) is 39.4 Å². The Morgan fingerprint density at radius 2 is 1.85 bits per heavy atom. The smallest absolute Gasteiger partial charge is 0.348 e. The third-order valence-corrected chi connectivity index (χ3v) is 6.59. The normalized spacial score (nSPS) is 14.2. The molecule has 210 valence electrons. The molecule has 13 heteroatoms. The van der Waals surface area contributed by atoms with Crippen LogP contribution in [-0.2, 0) is 31.3 Å². The molecule has 0 aliphatic carbocycles. The van der Waals surface area contributed by atoms with Gasteiger partial charge in [-0.25, -0.2) is 9.97 Å². The van der Waals surface area contributed by atoms with Crippen molar-refractivity contribution >= 4 is 17.5 Å². The first kappa shape index (κ1) is 27.3. The maximum atomic E-state index is 14.0. The molecule has 0 unspecified atom stereocenters. The van der Waals surface area contributed by atoms with Crippen LogP contribution in [-0.4, -0.2) is 53.9 Å². The van der Waals surface area contributed by atoms with Gasteiger partial charge in [-0.1, -0.05) is 12.1 Å². The number of fused-ring (bicyclic) bond motifs is 1. The SMILES string of the molecule is CN1CCn2nc(Nc3cc(-c4ccc(CNC(=O)c5cnn(C(C)(C)C)c5)c(C(F)(F)F)c4)ncn3)cc2C1. The van der Waals surface area contributed by atoms with Crippen LogP contribution in [0.25, 0.3) is 11.3 Å². The second-order valence-electron chi connectivity index (χ2n) is 10.8. The van der Waals surface area contributed by atoms with Crippen LogP contribution in [0.2, 0.25) is 0 Å². The molecule has 0 spiro atoms. The van der Waals surface area contributed by atoms with Crippen LogP contribution in [0.4, 0.5) is 24.8 Å². The Labute approximate surface area is 229 Å². The number of nitrogens with one attached hydrogen (secondary N) is 2. The second kappa shape index (κ2) is 10.4. The molecule has 4 aromatic rings. The van der Waals surface area contributed by atoms with E-state index in [9.17, 15) is 18.0 Å². The summed E-state index contributed by atoms with van der Waals surface area (Å²) in [4.78, 5) is 23.2. The Bertz CT molecular complexity index is 1530. The van der Waals surface area contributed by atoms with Crippen LogP contribution in [0.15, 0.2) is 49.1 Å². The molecule has 40 heavy (non-hydrogen) atoms. The van der Waals surface area contributed by atoms with Gasteiger partial charge in [-0.2, -0.15) is 23.4 Å². The molecular formula is C27H30F3N9O. The monoisotopic (exact) mass is 553 g/mol. The van der Waals surface area contributed by atoms with E-state index in [0.29, 0.717) is 17.3 Å². The summed E-state index contributed by atoms with van der Waals surface area (Å²) >= 11 is 0. The molecule has 0 saturated heterocycles. The van der Waals surface area contributed by atoms with Crippen LogP contribution in [0.3, 0.4) is 0 Å². The number of benzene rings is 1. The number of rotatable bonds is 6. The van der Waals surface area contributed by atoms with E-state index in [1.165, 1.54) is 18.6 Å². The van der Waals surface area contributed by atoms with E-state index in [-0.39, 0.29) is 28.8 Å². The molecule has 5 rings (SSSR count). The van der Waals surface area contributed by atoms with E-state index in [1.807, 2.05) is 38.6 Å². The maximum absolute atomic E-state index is 14.0. The predicted molar refractivity (Wildman–Crippen MR) is 143 cm³/mol. The van der Waals surface area contributed by atoms with Gasteiger partial charge in [0.2, 0.25) is 0 Å². The van der Waals surface area contributed by atoms with Crippen molar-refractivity contribution < 1.29 is 18.0 Å². The Kier molecular flexibility index (Phi) is 7.08. The summed E-state index contributed by atoms with van der Waals surface area (Å²) in [6, 6.07) is 7.44. The number of amides is 1. The first-order chi connectivity index (χ1) is 18.9. The van der Waals surface area contributed by atoms with Gasteiger partial charge in [-0.15, -0.1) is 0 Å². The summed E-state index contributed by atoms with van der Waals surface area (Å²) in [5.41, 5.74) is 0.673. The van der Waals surface area contributed by atoms with Crippen LogP contribution in [0.5, 0.6) is 0 Å². The minimum Gasteiger partial charge on any atom is -0.348 e. The molecule has 1 amide bonds. The van der Waals surface area contributed by atoms with E-state index >= 15 is 0 Å². The molecule has 2 N–H and O–H groups in total. The van der Waals surface area contributed by atoms with Gasteiger partial charge in [0.15, 0.2) is 5.82 Å². The molecule has 10 nitrogen and oxygen atoms in total. The van der Waals surface area contributed by atoms with Crippen LogP contribution < -0.4 is 10.6 Å². The number of alkyl halides is 3. The number of halogens is 3. The highest BCUT2D eigenvalue weighted by Crippen LogP contribution is 2.35. The molecule has 1 aliphatic heterocycles. The lowest BCUT2D eigenvalue weighted by Crippen LogP contribution is -2.30. The summed E-state index contributed by atoms with van der Waals surface area (Å²) < 4.78 is 45.7. The summed E-state index contributed by atoms with van der Waals surface area (Å²) in [5, 5.41) is 14.4. The first-order valence-electron chi connectivity index (χ1n) is 12.7. The lowest BCUT2D eigenvalue weighted by atomic mass is 10.0. The molecule has 1 aromatic carbocycles. The largest absolute Gasteiger partial charge is 0.416 e. The van der Waals surface area contributed by atoms with Gasteiger partial charge in [0, 0.05) is 43.5 Å². The molecule has 4 heterocycles. The van der Waals surface area contributed by atoms with Gasteiger partial charge < -0.3 is 10.6 Å². The number of hydrogen-bond acceptors (Lipinski definition) is 7. The number of likely N-dealkylation sites (N-methyl/N-ethyl adjacent to an activating group) is 1. The number of aromatic nitrogens is 6. The Balaban J connectivity index is 1.33. The van der Waals surface area contributed by atoms with E-state index in [4.69, 9.17) is 0 Å². The minimum absolute atomic E-state index is 0.0613. The lowest BCUT2D eigenvalue weighted by Gasteiger charge is -2.22. The van der Waals surface area contributed by atoms with E-state index in [0.717, 1.165) is 31.4 Å².